The molecule has 2 aliphatic carbocycles. The third kappa shape index (κ3) is 10.4. The number of aromatic nitrogens is 3. The molecule has 3 N–H and O–H groups in total. The van der Waals surface area contributed by atoms with Crippen molar-refractivity contribution in [3.8, 4) is 22.5 Å². The second-order valence-electron chi connectivity index (χ2n) is 26.0. The topological polar surface area (TPSA) is 180 Å². The Bertz CT molecular complexity index is 2990. The van der Waals surface area contributed by atoms with E-state index in [2.05, 4.69) is 97.6 Å². The van der Waals surface area contributed by atoms with E-state index in [0.29, 0.717) is 43.8 Å². The number of aryl methyl sites for hydroxylation is 1. The molecule has 4 aromatic rings. The fraction of sp³-hybridized carbons (Fsp3) is 0.672. The molecule has 2 saturated carbocycles. The molecule has 8 atom stereocenters. The number of methoxy groups -OCH3 is 1. The predicted molar refractivity (Wildman–Crippen MR) is 305 cm³/mol. The molecule has 18 heteroatoms. The van der Waals surface area contributed by atoms with Crippen molar-refractivity contribution in [1.82, 2.24) is 50.3 Å². The number of anilines is 1. The van der Waals surface area contributed by atoms with Crippen molar-refractivity contribution >= 4 is 51.6 Å². The highest BCUT2D eigenvalue weighted by Crippen LogP contribution is 2.47. The highest BCUT2D eigenvalue weighted by molar-refractivity contribution is 7.10. The van der Waals surface area contributed by atoms with Crippen LogP contribution in [0.1, 0.15) is 127 Å². The lowest BCUT2D eigenvalue weighted by molar-refractivity contribution is -0.155. The smallest absolute Gasteiger partial charge is 0.324 e. The summed E-state index contributed by atoms with van der Waals surface area (Å²) in [5.41, 5.74) is 11.0. The number of esters is 1. The Labute approximate surface area is 469 Å². The number of cyclic esters (lactones) is 1. The van der Waals surface area contributed by atoms with Crippen molar-refractivity contribution < 1.29 is 28.7 Å². The summed E-state index contributed by atoms with van der Waals surface area (Å²) < 4.78 is 14.8. The standard InChI is InChI=1S/C61H83N11O6S/c1-6-71-49-18-17-40-27-43(49)45(55(71)44-28-42(31-62-51(44)37(2)77-5)68-26-25-67-21-9-13-41(67)32-68)30-60(3,4)36-78-59(76)46-14-10-22-72(66-46)57(74)47(29-50-63-48(40)33-79-50)64-56(73)54(39-11-7-8-12-39)69-23-19-61(34-69)20-24-70(35-61)58(75)53-52(65-53)38-15-16-38/h17-18,27-28,31,33,37-39,41,46-47,52-54,65-66H,6-16,19-26,29-30,32,34-36H2,1-5H3,(H,64,73)/t37-,41+,46-,47-,52?,53+,54?,61-/m0/s1. The number of nitrogens with one attached hydrogen (secondary N) is 3. The van der Waals surface area contributed by atoms with Gasteiger partial charge < -0.3 is 29.2 Å². The van der Waals surface area contributed by atoms with Crippen LogP contribution in [0, 0.1) is 22.7 Å². The monoisotopic (exact) mass is 1100 g/mol. The molecular formula is C61H83N11O6S. The molecular weight excluding hydrogens is 1010 g/mol. The van der Waals surface area contributed by atoms with Crippen LogP contribution in [0.15, 0.2) is 35.8 Å². The molecule has 424 valence electrons. The van der Waals surface area contributed by atoms with Crippen molar-refractivity contribution in [2.24, 2.45) is 22.7 Å². The van der Waals surface area contributed by atoms with Crippen molar-refractivity contribution in [3.05, 3.63) is 52.1 Å². The molecule has 10 heterocycles. The van der Waals surface area contributed by atoms with Crippen LogP contribution in [0.2, 0.25) is 0 Å². The number of carbonyl (C=O) groups is 4. The van der Waals surface area contributed by atoms with Crippen molar-refractivity contribution in [2.75, 3.05) is 77.5 Å². The molecule has 3 aromatic heterocycles. The number of likely N-dealkylation sites (tertiary alicyclic amines) is 2. The van der Waals surface area contributed by atoms with Gasteiger partial charge in [0.1, 0.15) is 18.1 Å². The molecule has 79 heavy (non-hydrogen) atoms. The molecule has 1 aromatic carbocycles. The van der Waals surface area contributed by atoms with Crippen LogP contribution in [-0.4, -0.2) is 167 Å². The van der Waals surface area contributed by atoms with Gasteiger partial charge in [0.2, 0.25) is 11.8 Å². The van der Waals surface area contributed by atoms with Gasteiger partial charge in [0, 0.05) is 116 Å². The highest BCUT2D eigenvalue weighted by atomic mass is 32.1. The quantitative estimate of drug-likeness (QED) is 0.107. The minimum absolute atomic E-state index is 0.0266. The Balaban J connectivity index is 0.828. The van der Waals surface area contributed by atoms with Gasteiger partial charge in [-0.15, -0.1) is 11.3 Å². The Kier molecular flexibility index (Phi) is 14.5. The van der Waals surface area contributed by atoms with Crippen molar-refractivity contribution in [1.29, 1.82) is 0 Å². The molecule has 0 radical (unpaired) electrons. The van der Waals surface area contributed by atoms with Gasteiger partial charge in [-0.2, -0.15) is 0 Å². The lowest BCUT2D eigenvalue weighted by atomic mass is 9.84. The van der Waals surface area contributed by atoms with E-state index in [1.54, 1.807) is 12.1 Å². The first-order chi connectivity index (χ1) is 38.3. The van der Waals surface area contributed by atoms with Gasteiger partial charge in [-0.1, -0.05) is 32.8 Å². The van der Waals surface area contributed by atoms with Crippen LogP contribution in [0.3, 0.4) is 0 Å². The zero-order valence-corrected chi connectivity index (χ0v) is 48.1. The molecule has 9 aliphatic rings. The normalized spacial score (nSPS) is 29.5. The maximum absolute atomic E-state index is 15.2. The first-order valence-electron chi connectivity index (χ1n) is 30.2. The number of carbonyl (C=O) groups excluding carboxylic acids is 4. The molecule has 8 fully saturated rings. The van der Waals surface area contributed by atoms with Gasteiger partial charge in [0.25, 0.3) is 5.91 Å². The number of benzene rings is 1. The zero-order valence-electron chi connectivity index (χ0n) is 47.3. The van der Waals surface area contributed by atoms with Crippen LogP contribution < -0.4 is 21.0 Å². The Morgan fingerprint density at radius 1 is 0.962 bits per heavy atom. The summed E-state index contributed by atoms with van der Waals surface area (Å²) in [5, 5.41) is 12.3. The van der Waals surface area contributed by atoms with Crippen LogP contribution in [0.25, 0.3) is 33.4 Å². The fourth-order valence-corrected chi connectivity index (χ4v) is 16.2. The molecule has 6 saturated heterocycles. The summed E-state index contributed by atoms with van der Waals surface area (Å²) >= 11 is 1.51. The summed E-state index contributed by atoms with van der Waals surface area (Å²) in [7, 11) is 1.75. The Morgan fingerprint density at radius 2 is 1.78 bits per heavy atom. The van der Waals surface area contributed by atoms with E-state index >= 15 is 9.59 Å². The largest absolute Gasteiger partial charge is 0.464 e. The molecule has 1 spiro atoms. The van der Waals surface area contributed by atoms with E-state index in [9.17, 15) is 9.59 Å². The zero-order chi connectivity index (χ0) is 54.3. The summed E-state index contributed by atoms with van der Waals surface area (Å²) in [5.74, 6) is 0.296. The van der Waals surface area contributed by atoms with Crippen LogP contribution in [-0.2, 0) is 48.0 Å². The molecule has 7 aliphatic heterocycles. The highest BCUT2D eigenvalue weighted by Gasteiger charge is 2.55. The van der Waals surface area contributed by atoms with E-state index in [1.807, 2.05) is 6.20 Å². The molecule has 6 bridgehead atoms. The minimum Gasteiger partial charge on any atom is -0.464 e. The first kappa shape index (κ1) is 53.3. The third-order valence-electron chi connectivity index (χ3n) is 19.9. The van der Waals surface area contributed by atoms with Gasteiger partial charge in [-0.3, -0.25) is 44.3 Å². The number of thiazole rings is 1. The Hall–Kier alpha value is -4.98. The number of pyridine rings is 1. The fourth-order valence-electron chi connectivity index (χ4n) is 15.3. The lowest BCUT2D eigenvalue weighted by Crippen LogP contribution is -2.62. The van der Waals surface area contributed by atoms with E-state index in [-0.39, 0.29) is 60.3 Å². The summed E-state index contributed by atoms with van der Waals surface area (Å²) in [4.78, 5) is 78.4. The van der Waals surface area contributed by atoms with E-state index in [4.69, 9.17) is 19.4 Å². The molecule has 17 nitrogen and oxygen atoms in total. The van der Waals surface area contributed by atoms with Gasteiger partial charge in [-0.25, -0.2) is 10.4 Å². The second-order valence-corrected chi connectivity index (χ2v) is 26.9. The number of amides is 3. The van der Waals surface area contributed by atoms with Crippen LogP contribution >= 0.6 is 11.3 Å². The summed E-state index contributed by atoms with van der Waals surface area (Å²) in [6.07, 6.45) is 14.6. The van der Waals surface area contributed by atoms with E-state index in [0.717, 1.165) is 146 Å². The third-order valence-corrected chi connectivity index (χ3v) is 20.8. The second kappa shape index (κ2) is 21.4. The first-order valence-corrected chi connectivity index (χ1v) is 31.1. The van der Waals surface area contributed by atoms with Crippen LogP contribution in [0.4, 0.5) is 5.69 Å². The molecule has 2 unspecified atom stereocenters. The summed E-state index contributed by atoms with van der Waals surface area (Å²) in [6, 6.07) is 7.84. The maximum Gasteiger partial charge on any atom is 0.324 e. The number of hydrogen-bond acceptors (Lipinski definition) is 14. The number of nitrogens with zero attached hydrogens (tertiary/aromatic N) is 8. The van der Waals surface area contributed by atoms with Gasteiger partial charge in [0.05, 0.1) is 52.7 Å². The number of piperazine rings is 1. The number of rotatable bonds is 11. The van der Waals surface area contributed by atoms with Crippen molar-refractivity contribution in [3.63, 3.8) is 0 Å². The minimum atomic E-state index is -0.928. The molecule has 3 amide bonds. The number of hydrogen-bond donors (Lipinski definition) is 3. The van der Waals surface area contributed by atoms with Gasteiger partial charge in [0.15, 0.2) is 0 Å². The van der Waals surface area contributed by atoms with Crippen molar-refractivity contribution in [2.45, 2.75) is 166 Å². The predicted octanol–water partition coefficient (Wildman–Crippen LogP) is 6.72. The number of hydrazine groups is 1. The molecule has 13 rings (SSSR count). The average molecular weight is 1100 g/mol. The number of ether oxygens (including phenoxy) is 2. The summed E-state index contributed by atoms with van der Waals surface area (Å²) in [6.45, 7) is 17.1. The van der Waals surface area contributed by atoms with Crippen LogP contribution in [0.5, 0.6) is 0 Å². The lowest BCUT2D eigenvalue weighted by Gasteiger charge is -2.39. The number of fused-ring (bicyclic) bond motifs is 7. The average Bonchev–Trinajstić information content (AvgIpc) is 4.11. The van der Waals surface area contributed by atoms with Gasteiger partial charge >= 0.3 is 5.97 Å². The SMILES string of the molecule is CCn1c(-c2cc(N3CCN4CCC[C@@H]4C3)cnc2[C@H](C)OC)c2c3cc(ccc31)-c1csc(n1)C[C@H](NC(=O)C(C1CCCC1)N1CC[C@]3(CCN(C(=O)[C@@H]4NC4C4CC4)C3)C1)C(=O)N1CCC[C@H](N1)C(=O)OCC(C)(C)C2. The van der Waals surface area contributed by atoms with E-state index < -0.39 is 23.5 Å². The van der Waals surface area contributed by atoms with E-state index in [1.165, 1.54) is 43.6 Å². The maximum atomic E-state index is 15.2. The Morgan fingerprint density at radius 3 is 2.59 bits per heavy atom. The van der Waals surface area contributed by atoms with Gasteiger partial charge in [-0.05, 0) is 133 Å².